The van der Waals surface area contributed by atoms with E-state index in [0.717, 1.165) is 40.6 Å². The van der Waals surface area contributed by atoms with Crippen molar-refractivity contribution in [2.24, 2.45) is 4.99 Å². The third-order valence-electron chi connectivity index (χ3n) is 5.31. The standard InChI is InChI=1S/C23H27N3O2S/c1-2-28-18-12-10-17(11-13-18)24-21(27)16-29-22-19-8-4-5-9-20(19)25-23(26-22)14-6-3-7-15-23/h4-5,8-13,25H,2-3,6-7,14-16H2,1H3,(H,24,27). The van der Waals surface area contributed by atoms with Crippen LogP contribution in [0.5, 0.6) is 5.75 Å². The van der Waals surface area contributed by atoms with E-state index in [2.05, 4.69) is 28.8 Å². The van der Waals surface area contributed by atoms with Crippen molar-refractivity contribution in [3.05, 3.63) is 54.1 Å². The molecule has 152 valence electrons. The number of thioether (sulfide) groups is 1. The molecular formula is C23H27N3O2S. The number of nitrogens with one attached hydrogen (secondary N) is 2. The fraction of sp³-hybridized carbons (Fsp3) is 0.391. The predicted octanol–water partition coefficient (Wildman–Crippen LogP) is 5.29. The summed E-state index contributed by atoms with van der Waals surface area (Å²) in [7, 11) is 0. The fourth-order valence-electron chi connectivity index (χ4n) is 3.93. The molecule has 0 unspecified atom stereocenters. The van der Waals surface area contributed by atoms with Gasteiger partial charge in [-0.05, 0) is 62.9 Å². The van der Waals surface area contributed by atoms with Crippen molar-refractivity contribution < 1.29 is 9.53 Å². The topological polar surface area (TPSA) is 62.7 Å². The number of aliphatic imine (C=N–C) groups is 1. The summed E-state index contributed by atoms with van der Waals surface area (Å²) in [5.41, 5.74) is 2.78. The lowest BCUT2D eigenvalue weighted by Crippen LogP contribution is -2.42. The second-order valence-corrected chi connectivity index (χ2v) is 8.44. The van der Waals surface area contributed by atoms with Crippen molar-refractivity contribution in [3.63, 3.8) is 0 Å². The maximum atomic E-state index is 12.5. The smallest absolute Gasteiger partial charge is 0.234 e. The Balaban J connectivity index is 1.43. The van der Waals surface area contributed by atoms with E-state index >= 15 is 0 Å². The molecule has 0 aromatic heterocycles. The zero-order chi connectivity index (χ0) is 20.1. The van der Waals surface area contributed by atoms with Crippen LogP contribution in [-0.4, -0.2) is 29.0 Å². The summed E-state index contributed by atoms with van der Waals surface area (Å²) in [6.07, 6.45) is 5.74. The highest BCUT2D eigenvalue weighted by Crippen LogP contribution is 2.39. The largest absolute Gasteiger partial charge is 0.494 e. The highest BCUT2D eigenvalue weighted by atomic mass is 32.2. The Morgan fingerprint density at radius 3 is 2.66 bits per heavy atom. The van der Waals surface area contributed by atoms with Crippen LogP contribution in [0.2, 0.25) is 0 Å². The molecule has 0 radical (unpaired) electrons. The summed E-state index contributed by atoms with van der Waals surface area (Å²) < 4.78 is 5.44. The zero-order valence-corrected chi connectivity index (χ0v) is 17.6. The molecule has 1 aliphatic carbocycles. The van der Waals surface area contributed by atoms with Crippen molar-refractivity contribution in [2.45, 2.75) is 44.7 Å². The lowest BCUT2D eigenvalue weighted by molar-refractivity contribution is -0.113. The van der Waals surface area contributed by atoms with E-state index in [1.54, 1.807) is 0 Å². The lowest BCUT2D eigenvalue weighted by atomic mass is 9.88. The van der Waals surface area contributed by atoms with Gasteiger partial charge in [-0.2, -0.15) is 0 Å². The average molecular weight is 410 g/mol. The van der Waals surface area contributed by atoms with Crippen molar-refractivity contribution in [3.8, 4) is 5.75 Å². The number of ether oxygens (including phenoxy) is 1. The van der Waals surface area contributed by atoms with E-state index in [1.165, 1.54) is 31.0 Å². The summed E-state index contributed by atoms with van der Waals surface area (Å²) in [5.74, 6) is 1.10. The highest BCUT2D eigenvalue weighted by Gasteiger charge is 2.36. The molecule has 6 heteroatoms. The number of hydrogen-bond acceptors (Lipinski definition) is 5. The number of fused-ring (bicyclic) bond motifs is 1. The molecule has 1 saturated carbocycles. The first-order valence-electron chi connectivity index (χ1n) is 10.3. The Labute approximate surface area is 176 Å². The zero-order valence-electron chi connectivity index (χ0n) is 16.7. The van der Waals surface area contributed by atoms with Gasteiger partial charge >= 0.3 is 0 Å². The molecule has 2 aromatic carbocycles. The van der Waals surface area contributed by atoms with Gasteiger partial charge in [0.05, 0.1) is 12.4 Å². The molecule has 1 aliphatic heterocycles. The van der Waals surface area contributed by atoms with Gasteiger partial charge in [0.25, 0.3) is 0 Å². The summed E-state index contributed by atoms with van der Waals surface area (Å²) in [5, 5.41) is 7.59. The number of rotatable bonds is 5. The molecule has 2 N–H and O–H groups in total. The number of benzene rings is 2. The highest BCUT2D eigenvalue weighted by molar-refractivity contribution is 8.15. The number of para-hydroxylation sites is 1. The number of carbonyl (C=O) groups excluding carboxylic acids is 1. The van der Waals surface area contributed by atoms with E-state index < -0.39 is 0 Å². The summed E-state index contributed by atoms with van der Waals surface area (Å²) >= 11 is 1.52. The molecule has 0 bridgehead atoms. The van der Waals surface area contributed by atoms with Crippen molar-refractivity contribution >= 4 is 34.1 Å². The first kappa shape index (κ1) is 19.8. The van der Waals surface area contributed by atoms with Gasteiger partial charge in [0.15, 0.2) is 0 Å². The van der Waals surface area contributed by atoms with E-state index in [0.29, 0.717) is 12.4 Å². The van der Waals surface area contributed by atoms with E-state index in [9.17, 15) is 4.79 Å². The van der Waals surface area contributed by atoms with E-state index in [-0.39, 0.29) is 11.6 Å². The van der Waals surface area contributed by atoms with Crippen LogP contribution in [0.4, 0.5) is 11.4 Å². The molecule has 0 atom stereocenters. The molecule has 1 spiro atoms. The quantitative estimate of drug-likeness (QED) is 0.704. The monoisotopic (exact) mass is 409 g/mol. The fourth-order valence-corrected chi connectivity index (χ4v) is 4.84. The number of carbonyl (C=O) groups is 1. The van der Waals surface area contributed by atoms with Crippen molar-refractivity contribution in [1.82, 2.24) is 0 Å². The Bertz CT molecular complexity index is 889. The Kier molecular flexibility index (Phi) is 6.09. The predicted molar refractivity (Wildman–Crippen MR) is 121 cm³/mol. The summed E-state index contributed by atoms with van der Waals surface area (Å²) in [6.45, 7) is 2.58. The number of nitrogens with zero attached hydrogens (tertiary/aromatic N) is 1. The Morgan fingerprint density at radius 1 is 1.14 bits per heavy atom. The van der Waals surface area contributed by atoms with Crippen LogP contribution in [0, 0.1) is 0 Å². The second kappa shape index (κ2) is 8.91. The van der Waals surface area contributed by atoms with Gasteiger partial charge < -0.3 is 15.4 Å². The molecule has 0 saturated heterocycles. The molecule has 29 heavy (non-hydrogen) atoms. The molecule has 1 fully saturated rings. The first-order valence-corrected chi connectivity index (χ1v) is 11.3. The minimum atomic E-state index is -0.208. The molecule has 5 nitrogen and oxygen atoms in total. The molecule has 2 aromatic rings. The minimum Gasteiger partial charge on any atom is -0.494 e. The SMILES string of the molecule is CCOc1ccc(NC(=O)CSC2=NC3(CCCCC3)Nc3ccccc32)cc1. The van der Waals surface area contributed by atoms with E-state index in [4.69, 9.17) is 9.73 Å². The van der Waals surface area contributed by atoms with Gasteiger partial charge in [0.2, 0.25) is 5.91 Å². The molecule has 1 heterocycles. The average Bonchev–Trinajstić information content (AvgIpc) is 2.74. The third kappa shape index (κ3) is 4.75. The Hall–Kier alpha value is -2.47. The van der Waals surface area contributed by atoms with Gasteiger partial charge in [-0.15, -0.1) is 0 Å². The van der Waals surface area contributed by atoms with Gasteiger partial charge in [-0.1, -0.05) is 36.4 Å². The van der Waals surface area contributed by atoms with Gasteiger partial charge in [-0.25, -0.2) is 4.99 Å². The van der Waals surface area contributed by atoms with Crippen LogP contribution in [0.25, 0.3) is 0 Å². The summed E-state index contributed by atoms with van der Waals surface area (Å²) in [6, 6.07) is 15.7. The van der Waals surface area contributed by atoms with Crippen LogP contribution < -0.4 is 15.4 Å². The molecule has 2 aliphatic rings. The maximum absolute atomic E-state index is 12.5. The second-order valence-electron chi connectivity index (χ2n) is 7.47. The van der Waals surface area contributed by atoms with Crippen LogP contribution in [0.15, 0.2) is 53.5 Å². The summed E-state index contributed by atoms with van der Waals surface area (Å²) in [4.78, 5) is 17.6. The number of hydrogen-bond donors (Lipinski definition) is 2. The van der Waals surface area contributed by atoms with Crippen molar-refractivity contribution in [1.29, 1.82) is 0 Å². The van der Waals surface area contributed by atoms with Gasteiger partial charge in [0, 0.05) is 16.9 Å². The number of anilines is 2. The van der Waals surface area contributed by atoms with Crippen LogP contribution in [0.3, 0.4) is 0 Å². The molecule has 4 rings (SSSR count). The lowest BCUT2D eigenvalue weighted by Gasteiger charge is -2.39. The Morgan fingerprint density at radius 2 is 1.90 bits per heavy atom. The molecule has 1 amide bonds. The molecular weight excluding hydrogens is 382 g/mol. The van der Waals surface area contributed by atoms with Crippen LogP contribution >= 0.6 is 11.8 Å². The normalized spacial score (nSPS) is 17.1. The first-order chi connectivity index (χ1) is 14.2. The van der Waals surface area contributed by atoms with Crippen molar-refractivity contribution in [2.75, 3.05) is 23.0 Å². The maximum Gasteiger partial charge on any atom is 0.234 e. The van der Waals surface area contributed by atoms with Gasteiger partial charge in [0.1, 0.15) is 16.5 Å². The number of amides is 1. The minimum absolute atomic E-state index is 0.0319. The third-order valence-corrected chi connectivity index (χ3v) is 6.30. The van der Waals surface area contributed by atoms with Crippen LogP contribution in [0.1, 0.15) is 44.6 Å². The van der Waals surface area contributed by atoms with Crippen LogP contribution in [-0.2, 0) is 4.79 Å². The van der Waals surface area contributed by atoms with Gasteiger partial charge in [-0.3, -0.25) is 4.79 Å². The van der Waals surface area contributed by atoms with E-state index in [1.807, 2.05) is 37.3 Å².